The van der Waals surface area contributed by atoms with Crippen LogP contribution in [0.5, 0.6) is 0 Å². The minimum absolute atomic E-state index is 0.0507. The van der Waals surface area contributed by atoms with Crippen LogP contribution >= 0.6 is 11.8 Å². The molecule has 1 aromatic heterocycles. The number of nitrogens with zero attached hydrogens (tertiary/aromatic N) is 2. The number of carbonyl (C=O) groups is 1. The molecule has 1 saturated heterocycles. The Morgan fingerprint density at radius 2 is 2.31 bits per heavy atom. The lowest BCUT2D eigenvalue weighted by molar-refractivity contribution is -0.138. The minimum Gasteiger partial charge on any atom is -0.480 e. The second kappa shape index (κ2) is 4.10. The third-order valence-electron chi connectivity index (χ3n) is 2.91. The summed E-state index contributed by atoms with van der Waals surface area (Å²) in [4.78, 5) is 10.9. The molecule has 1 fully saturated rings. The van der Waals surface area contributed by atoms with Crippen LogP contribution in [0.3, 0.4) is 0 Å². The summed E-state index contributed by atoms with van der Waals surface area (Å²) in [6.07, 6.45) is 0. The predicted octanol–water partition coefficient (Wildman–Crippen LogP) is 0.825. The average molecular weight is 241 g/mol. The smallest absolute Gasteiger partial charge is 0.321 e. The Balaban J connectivity index is 2.23. The largest absolute Gasteiger partial charge is 0.480 e. The maximum atomic E-state index is 10.9. The van der Waals surface area contributed by atoms with Crippen molar-refractivity contribution in [2.75, 3.05) is 5.75 Å². The Morgan fingerprint density at radius 1 is 1.62 bits per heavy atom. The van der Waals surface area contributed by atoms with Crippen molar-refractivity contribution in [2.45, 2.75) is 25.3 Å². The van der Waals surface area contributed by atoms with Gasteiger partial charge >= 0.3 is 5.97 Å². The van der Waals surface area contributed by atoms with Gasteiger partial charge in [-0.3, -0.25) is 14.8 Å². The summed E-state index contributed by atoms with van der Waals surface area (Å²) in [6, 6.07) is -0.450. The van der Waals surface area contributed by atoms with E-state index >= 15 is 0 Å². The van der Waals surface area contributed by atoms with Crippen molar-refractivity contribution < 1.29 is 9.90 Å². The lowest BCUT2D eigenvalue weighted by Crippen LogP contribution is -2.33. The topological polar surface area (TPSA) is 67.2 Å². The molecule has 0 aromatic carbocycles. The monoisotopic (exact) mass is 241 g/mol. The molecule has 1 unspecified atom stereocenters. The van der Waals surface area contributed by atoms with E-state index in [1.807, 2.05) is 25.6 Å². The van der Waals surface area contributed by atoms with Crippen molar-refractivity contribution in [3.63, 3.8) is 0 Å². The first-order chi connectivity index (χ1) is 7.50. The first-order valence-electron chi connectivity index (χ1n) is 5.11. The number of hydrogen-bond donors (Lipinski definition) is 2. The van der Waals surface area contributed by atoms with Crippen molar-refractivity contribution >= 4 is 17.7 Å². The molecule has 0 amide bonds. The van der Waals surface area contributed by atoms with E-state index in [4.69, 9.17) is 5.11 Å². The van der Waals surface area contributed by atoms with Gasteiger partial charge < -0.3 is 5.11 Å². The fourth-order valence-electron chi connectivity index (χ4n) is 1.95. The van der Waals surface area contributed by atoms with Crippen LogP contribution < -0.4 is 5.32 Å². The van der Waals surface area contributed by atoms with Crippen molar-refractivity contribution in [2.24, 2.45) is 7.05 Å². The maximum absolute atomic E-state index is 10.9. The molecule has 1 aromatic rings. The molecular formula is C10H15N3O2S. The van der Waals surface area contributed by atoms with Gasteiger partial charge in [-0.15, -0.1) is 11.8 Å². The Kier molecular flexibility index (Phi) is 2.94. The van der Waals surface area contributed by atoms with E-state index in [1.165, 1.54) is 0 Å². The van der Waals surface area contributed by atoms with E-state index in [2.05, 4.69) is 10.4 Å². The predicted molar refractivity (Wildman–Crippen MR) is 62.4 cm³/mol. The summed E-state index contributed by atoms with van der Waals surface area (Å²) >= 11 is 1.63. The van der Waals surface area contributed by atoms with Gasteiger partial charge in [0.2, 0.25) is 0 Å². The molecule has 2 rings (SSSR count). The summed E-state index contributed by atoms with van der Waals surface area (Å²) in [6.45, 7) is 3.96. The first kappa shape index (κ1) is 11.5. The van der Waals surface area contributed by atoms with E-state index in [0.717, 1.165) is 17.0 Å². The summed E-state index contributed by atoms with van der Waals surface area (Å²) in [5, 5.41) is 16.4. The molecule has 16 heavy (non-hydrogen) atoms. The van der Waals surface area contributed by atoms with Gasteiger partial charge in [-0.1, -0.05) is 0 Å². The Bertz CT molecular complexity index is 430. The molecule has 0 aliphatic carbocycles. The normalized spacial score (nSPS) is 24.9. The second-order valence-corrected chi connectivity index (χ2v) is 5.12. The third-order valence-corrected chi connectivity index (χ3v) is 4.14. The highest BCUT2D eigenvalue weighted by atomic mass is 32.2. The van der Waals surface area contributed by atoms with E-state index in [-0.39, 0.29) is 5.37 Å². The lowest BCUT2D eigenvalue weighted by Gasteiger charge is -2.11. The van der Waals surface area contributed by atoms with Crippen molar-refractivity contribution in [3.05, 3.63) is 17.0 Å². The van der Waals surface area contributed by atoms with E-state index < -0.39 is 12.0 Å². The van der Waals surface area contributed by atoms with Crippen molar-refractivity contribution in [1.29, 1.82) is 0 Å². The molecule has 2 N–H and O–H groups in total. The quantitative estimate of drug-likeness (QED) is 0.802. The van der Waals surface area contributed by atoms with Crippen LogP contribution in [-0.2, 0) is 11.8 Å². The van der Waals surface area contributed by atoms with Crippen LogP contribution in [0.2, 0.25) is 0 Å². The zero-order chi connectivity index (χ0) is 11.9. The molecule has 0 radical (unpaired) electrons. The highest BCUT2D eigenvalue weighted by molar-refractivity contribution is 7.99. The molecule has 2 heterocycles. The number of nitrogens with one attached hydrogen (secondary N) is 1. The number of rotatable bonds is 2. The van der Waals surface area contributed by atoms with Gasteiger partial charge in [0.05, 0.1) is 11.1 Å². The molecule has 0 bridgehead atoms. The standard InChI is InChI=1S/C10H15N3O2S/c1-5-8(6(2)13(3)12-5)9-11-7(4-16-9)10(14)15/h7,9,11H,4H2,1-3H3,(H,14,15)/t7-,9?/m1/s1. The van der Waals surface area contributed by atoms with Crippen LogP contribution in [0, 0.1) is 13.8 Å². The molecule has 5 nitrogen and oxygen atoms in total. The molecule has 1 aliphatic rings. The zero-order valence-electron chi connectivity index (χ0n) is 9.52. The van der Waals surface area contributed by atoms with Crippen LogP contribution in [0.4, 0.5) is 0 Å². The number of hydrogen-bond acceptors (Lipinski definition) is 4. The SMILES string of the molecule is Cc1nn(C)c(C)c1C1N[C@@H](C(=O)O)CS1. The number of thioether (sulfide) groups is 1. The Hall–Kier alpha value is -1.01. The van der Waals surface area contributed by atoms with Crippen molar-refractivity contribution in [3.8, 4) is 0 Å². The highest BCUT2D eigenvalue weighted by Gasteiger charge is 2.33. The first-order valence-corrected chi connectivity index (χ1v) is 6.16. The maximum Gasteiger partial charge on any atom is 0.321 e. The van der Waals surface area contributed by atoms with Gasteiger partial charge in [0, 0.05) is 24.1 Å². The fourth-order valence-corrected chi connectivity index (χ4v) is 3.34. The van der Waals surface area contributed by atoms with Crippen LogP contribution in [-0.4, -0.2) is 32.7 Å². The molecule has 0 spiro atoms. The molecular weight excluding hydrogens is 226 g/mol. The van der Waals surface area contributed by atoms with Crippen LogP contribution in [0.1, 0.15) is 22.3 Å². The number of aliphatic carboxylic acids is 1. The van der Waals surface area contributed by atoms with Crippen LogP contribution in [0.15, 0.2) is 0 Å². The lowest BCUT2D eigenvalue weighted by atomic mass is 10.2. The number of aryl methyl sites for hydroxylation is 2. The highest BCUT2D eigenvalue weighted by Crippen LogP contribution is 2.35. The van der Waals surface area contributed by atoms with Gasteiger partial charge in [0.1, 0.15) is 6.04 Å². The molecule has 0 saturated carbocycles. The van der Waals surface area contributed by atoms with Gasteiger partial charge in [-0.25, -0.2) is 0 Å². The van der Waals surface area contributed by atoms with Gasteiger partial charge in [0.15, 0.2) is 0 Å². The molecule has 6 heteroatoms. The number of carboxylic acids is 1. The van der Waals surface area contributed by atoms with E-state index in [9.17, 15) is 4.79 Å². The van der Waals surface area contributed by atoms with Gasteiger partial charge in [-0.05, 0) is 13.8 Å². The number of carboxylic acid groups (broad SMARTS) is 1. The van der Waals surface area contributed by atoms with Gasteiger partial charge in [-0.2, -0.15) is 5.10 Å². The minimum atomic E-state index is -0.783. The zero-order valence-corrected chi connectivity index (χ0v) is 10.3. The summed E-state index contributed by atoms with van der Waals surface area (Å²) in [5.74, 6) is -0.178. The molecule has 2 atom stereocenters. The molecule has 88 valence electrons. The summed E-state index contributed by atoms with van der Waals surface area (Å²) in [7, 11) is 1.90. The van der Waals surface area contributed by atoms with E-state index in [0.29, 0.717) is 5.75 Å². The fraction of sp³-hybridized carbons (Fsp3) is 0.600. The summed E-state index contributed by atoms with van der Waals surface area (Å²) < 4.78 is 1.83. The Labute approximate surface area is 98.2 Å². The second-order valence-electron chi connectivity index (χ2n) is 3.98. The van der Waals surface area contributed by atoms with Gasteiger partial charge in [0.25, 0.3) is 0 Å². The third kappa shape index (κ3) is 1.82. The molecule has 1 aliphatic heterocycles. The van der Waals surface area contributed by atoms with Crippen LogP contribution in [0.25, 0.3) is 0 Å². The van der Waals surface area contributed by atoms with Crippen molar-refractivity contribution in [1.82, 2.24) is 15.1 Å². The van der Waals surface area contributed by atoms with E-state index in [1.54, 1.807) is 11.8 Å². The number of aromatic nitrogens is 2. The Morgan fingerprint density at radius 3 is 2.75 bits per heavy atom. The summed E-state index contributed by atoms with van der Waals surface area (Å²) in [5.41, 5.74) is 3.18. The average Bonchev–Trinajstić information content (AvgIpc) is 2.74.